The van der Waals surface area contributed by atoms with Crippen molar-refractivity contribution in [3.05, 3.63) is 29.3 Å². The summed E-state index contributed by atoms with van der Waals surface area (Å²) < 4.78 is 5.44. The summed E-state index contributed by atoms with van der Waals surface area (Å²) in [6.45, 7) is 8.98. The summed E-state index contributed by atoms with van der Waals surface area (Å²) >= 11 is 0. The van der Waals surface area contributed by atoms with Crippen molar-refractivity contribution in [3.8, 4) is 5.75 Å². The van der Waals surface area contributed by atoms with Gasteiger partial charge in [0.1, 0.15) is 5.75 Å². The van der Waals surface area contributed by atoms with Crippen LogP contribution in [0, 0.1) is 6.92 Å². The van der Waals surface area contributed by atoms with Crippen LogP contribution in [0.4, 0.5) is 0 Å². The first-order valence-corrected chi connectivity index (χ1v) is 6.04. The van der Waals surface area contributed by atoms with E-state index in [0.717, 1.165) is 16.9 Å². The molecular formula is C14H21NO2. The lowest BCUT2D eigenvalue weighted by atomic mass is 10.1. The van der Waals surface area contributed by atoms with Gasteiger partial charge in [-0.05, 0) is 37.6 Å². The molecule has 0 heterocycles. The first kappa shape index (κ1) is 13.7. The fourth-order valence-corrected chi connectivity index (χ4v) is 1.54. The molecule has 17 heavy (non-hydrogen) atoms. The second kappa shape index (κ2) is 6.40. The van der Waals surface area contributed by atoms with Crippen molar-refractivity contribution >= 4 is 5.78 Å². The van der Waals surface area contributed by atoms with Crippen molar-refractivity contribution in [3.63, 3.8) is 0 Å². The largest absolute Gasteiger partial charge is 0.494 e. The topological polar surface area (TPSA) is 38.3 Å². The van der Waals surface area contributed by atoms with Gasteiger partial charge in [0.2, 0.25) is 0 Å². The molecule has 0 spiro atoms. The number of nitrogens with one attached hydrogen (secondary N) is 1. The molecule has 1 aromatic rings. The highest BCUT2D eigenvalue weighted by Gasteiger charge is 2.08. The van der Waals surface area contributed by atoms with Crippen LogP contribution in [0.5, 0.6) is 5.75 Å². The first-order chi connectivity index (χ1) is 8.04. The third-order valence-corrected chi connectivity index (χ3v) is 2.47. The summed E-state index contributed by atoms with van der Waals surface area (Å²) in [4.78, 5) is 11.9. The van der Waals surface area contributed by atoms with Crippen molar-refractivity contribution in [2.45, 2.75) is 33.7 Å². The van der Waals surface area contributed by atoms with E-state index >= 15 is 0 Å². The number of ketones is 1. The third kappa shape index (κ3) is 4.19. The number of Topliss-reactive ketones (excluding diaryl/α,β-unsaturated/α-hetero) is 1. The van der Waals surface area contributed by atoms with Crippen molar-refractivity contribution in [1.29, 1.82) is 0 Å². The standard InChI is InChI=1S/C14H21NO2/c1-5-17-14-7-6-12(8-11(14)4)13(16)9-15-10(2)3/h6-8,10,15H,5,9H2,1-4H3. The van der Waals surface area contributed by atoms with Crippen LogP contribution in [-0.2, 0) is 0 Å². The van der Waals surface area contributed by atoms with Crippen LogP contribution < -0.4 is 10.1 Å². The Kier molecular flexibility index (Phi) is 5.16. The number of rotatable bonds is 6. The summed E-state index contributed by atoms with van der Waals surface area (Å²) in [6, 6.07) is 5.89. The lowest BCUT2D eigenvalue weighted by Crippen LogP contribution is -2.29. The Morgan fingerprint density at radius 1 is 1.41 bits per heavy atom. The maximum absolute atomic E-state index is 11.9. The molecule has 1 rings (SSSR count). The number of hydrogen-bond acceptors (Lipinski definition) is 3. The minimum absolute atomic E-state index is 0.116. The molecule has 94 valence electrons. The molecule has 0 saturated heterocycles. The van der Waals surface area contributed by atoms with Gasteiger partial charge in [0, 0.05) is 11.6 Å². The van der Waals surface area contributed by atoms with E-state index in [-0.39, 0.29) is 5.78 Å². The molecule has 3 nitrogen and oxygen atoms in total. The van der Waals surface area contributed by atoms with E-state index in [1.165, 1.54) is 0 Å². The van der Waals surface area contributed by atoms with Crippen LogP contribution in [0.25, 0.3) is 0 Å². The van der Waals surface area contributed by atoms with Crippen LogP contribution in [0.1, 0.15) is 36.7 Å². The number of aryl methyl sites for hydroxylation is 1. The summed E-state index contributed by atoms with van der Waals surface area (Å²) in [6.07, 6.45) is 0. The molecule has 0 unspecified atom stereocenters. The lowest BCUT2D eigenvalue weighted by molar-refractivity contribution is 0.0988. The second-order valence-electron chi connectivity index (χ2n) is 4.37. The van der Waals surface area contributed by atoms with E-state index in [1.807, 2.05) is 45.9 Å². The Labute approximate surface area is 103 Å². The van der Waals surface area contributed by atoms with Gasteiger partial charge in [-0.3, -0.25) is 4.79 Å². The highest BCUT2D eigenvalue weighted by atomic mass is 16.5. The Morgan fingerprint density at radius 2 is 2.12 bits per heavy atom. The molecule has 1 N–H and O–H groups in total. The Balaban J connectivity index is 2.72. The molecule has 1 aromatic carbocycles. The molecule has 0 aliphatic carbocycles. The number of carbonyl (C=O) groups excluding carboxylic acids is 1. The molecular weight excluding hydrogens is 214 g/mol. The van der Waals surface area contributed by atoms with Crippen molar-refractivity contribution in [1.82, 2.24) is 5.32 Å². The summed E-state index contributed by atoms with van der Waals surface area (Å²) in [5.74, 6) is 0.964. The summed E-state index contributed by atoms with van der Waals surface area (Å²) in [5.41, 5.74) is 1.74. The average molecular weight is 235 g/mol. The highest BCUT2D eigenvalue weighted by molar-refractivity contribution is 5.97. The molecule has 0 aromatic heterocycles. The van der Waals surface area contributed by atoms with Crippen molar-refractivity contribution in [2.24, 2.45) is 0 Å². The van der Waals surface area contributed by atoms with Crippen molar-refractivity contribution < 1.29 is 9.53 Å². The highest BCUT2D eigenvalue weighted by Crippen LogP contribution is 2.19. The monoisotopic (exact) mass is 235 g/mol. The van der Waals surface area contributed by atoms with Gasteiger partial charge in [-0.2, -0.15) is 0 Å². The van der Waals surface area contributed by atoms with E-state index in [4.69, 9.17) is 4.74 Å². The number of ether oxygens (including phenoxy) is 1. The summed E-state index contributed by atoms with van der Waals surface area (Å²) in [5, 5.41) is 3.12. The quantitative estimate of drug-likeness (QED) is 0.770. The van der Waals surface area contributed by atoms with E-state index in [2.05, 4.69) is 5.32 Å². The van der Waals surface area contributed by atoms with E-state index in [9.17, 15) is 4.79 Å². The maximum atomic E-state index is 11.9. The second-order valence-corrected chi connectivity index (χ2v) is 4.37. The van der Waals surface area contributed by atoms with E-state index < -0.39 is 0 Å². The minimum atomic E-state index is 0.116. The Morgan fingerprint density at radius 3 is 2.65 bits per heavy atom. The van der Waals surface area contributed by atoms with Gasteiger partial charge >= 0.3 is 0 Å². The van der Waals surface area contributed by atoms with Gasteiger partial charge in [0.05, 0.1) is 13.2 Å². The SMILES string of the molecule is CCOc1ccc(C(=O)CNC(C)C)cc1C. The molecule has 0 bridgehead atoms. The molecule has 0 saturated carbocycles. The van der Waals surface area contributed by atoms with Gasteiger partial charge in [0.15, 0.2) is 5.78 Å². The molecule has 0 radical (unpaired) electrons. The van der Waals surface area contributed by atoms with Gasteiger partial charge < -0.3 is 10.1 Å². The van der Waals surface area contributed by atoms with Gasteiger partial charge in [0.25, 0.3) is 0 Å². The predicted molar refractivity (Wildman–Crippen MR) is 69.8 cm³/mol. The fourth-order valence-electron chi connectivity index (χ4n) is 1.54. The Hall–Kier alpha value is -1.35. The van der Waals surface area contributed by atoms with E-state index in [1.54, 1.807) is 0 Å². The molecule has 3 heteroatoms. The molecule has 0 aliphatic rings. The first-order valence-electron chi connectivity index (χ1n) is 6.04. The van der Waals surface area contributed by atoms with Crippen LogP contribution in [-0.4, -0.2) is 25.0 Å². The molecule has 0 atom stereocenters. The minimum Gasteiger partial charge on any atom is -0.494 e. The molecule has 0 aliphatic heterocycles. The number of carbonyl (C=O) groups is 1. The molecule has 0 fully saturated rings. The number of hydrogen-bond donors (Lipinski definition) is 1. The zero-order chi connectivity index (χ0) is 12.8. The van der Waals surface area contributed by atoms with Crippen LogP contribution in [0.15, 0.2) is 18.2 Å². The van der Waals surface area contributed by atoms with Gasteiger partial charge in [-0.25, -0.2) is 0 Å². The molecule has 0 amide bonds. The normalized spacial score (nSPS) is 10.6. The Bertz CT molecular complexity index is 386. The maximum Gasteiger partial charge on any atom is 0.176 e. The fraction of sp³-hybridized carbons (Fsp3) is 0.500. The van der Waals surface area contributed by atoms with Crippen LogP contribution in [0.2, 0.25) is 0 Å². The lowest BCUT2D eigenvalue weighted by Gasteiger charge is -2.10. The zero-order valence-electron chi connectivity index (χ0n) is 11.0. The summed E-state index contributed by atoms with van der Waals surface area (Å²) in [7, 11) is 0. The van der Waals surface area contributed by atoms with E-state index in [0.29, 0.717) is 19.2 Å². The average Bonchev–Trinajstić information content (AvgIpc) is 2.28. The van der Waals surface area contributed by atoms with Crippen LogP contribution in [0.3, 0.4) is 0 Å². The van der Waals surface area contributed by atoms with Crippen molar-refractivity contribution in [2.75, 3.05) is 13.2 Å². The van der Waals surface area contributed by atoms with Gasteiger partial charge in [-0.1, -0.05) is 13.8 Å². The van der Waals surface area contributed by atoms with Crippen LogP contribution >= 0.6 is 0 Å². The third-order valence-electron chi connectivity index (χ3n) is 2.47. The van der Waals surface area contributed by atoms with Gasteiger partial charge in [-0.15, -0.1) is 0 Å². The predicted octanol–water partition coefficient (Wildman–Crippen LogP) is 2.57. The zero-order valence-corrected chi connectivity index (χ0v) is 11.0. The smallest absolute Gasteiger partial charge is 0.176 e. The number of benzene rings is 1.